The molecule has 2 aromatic heterocycles. The Labute approximate surface area is 205 Å². The number of aromatic nitrogens is 2. The van der Waals surface area contributed by atoms with Crippen LogP contribution < -0.4 is 9.54 Å². The van der Waals surface area contributed by atoms with Crippen LogP contribution >= 0.6 is 11.3 Å². The fourth-order valence-corrected chi connectivity index (χ4v) is 4.64. The molecule has 0 bridgehead atoms. The number of benzene rings is 1. The van der Waals surface area contributed by atoms with Gasteiger partial charge in [0.05, 0.1) is 23.8 Å². The molecule has 3 aromatic rings. The summed E-state index contributed by atoms with van der Waals surface area (Å²) in [5.74, 6) is -0.727. The minimum absolute atomic E-state index is 0.00285. The van der Waals surface area contributed by atoms with Crippen LogP contribution in [0.4, 0.5) is 13.2 Å². The molecule has 0 radical (unpaired) electrons. The minimum Gasteiger partial charge on any atom is -0.438 e. The van der Waals surface area contributed by atoms with E-state index in [1.54, 1.807) is 18.2 Å². The van der Waals surface area contributed by atoms with Gasteiger partial charge in [-0.05, 0) is 42.5 Å². The maximum absolute atomic E-state index is 13.4. The van der Waals surface area contributed by atoms with Crippen molar-refractivity contribution in [1.29, 1.82) is 0 Å². The van der Waals surface area contributed by atoms with Crippen molar-refractivity contribution in [2.24, 2.45) is 4.99 Å². The molecule has 0 unspecified atom stereocenters. The second-order valence-corrected chi connectivity index (χ2v) is 10.3. The molecule has 0 spiro atoms. The van der Waals surface area contributed by atoms with Gasteiger partial charge in [0.1, 0.15) is 5.75 Å². The van der Waals surface area contributed by atoms with Crippen molar-refractivity contribution in [1.82, 2.24) is 9.55 Å². The zero-order valence-corrected chi connectivity index (χ0v) is 20.4. The van der Waals surface area contributed by atoms with E-state index in [0.29, 0.717) is 18.0 Å². The molecule has 0 N–H and O–H groups in total. The normalized spacial score (nSPS) is 17.1. The third-order valence-electron chi connectivity index (χ3n) is 5.47. The summed E-state index contributed by atoms with van der Waals surface area (Å²) in [5, 5.41) is 0. The predicted octanol–water partition coefficient (Wildman–Crippen LogP) is 5.97. The number of thiazole rings is 1. The zero-order valence-electron chi connectivity index (χ0n) is 19.6. The molecule has 1 saturated heterocycles. The lowest BCUT2D eigenvalue weighted by molar-refractivity contribution is -0.137. The van der Waals surface area contributed by atoms with Gasteiger partial charge in [-0.25, -0.2) is 4.98 Å². The quantitative estimate of drug-likeness (QED) is 0.428. The summed E-state index contributed by atoms with van der Waals surface area (Å²) in [4.78, 5) is 23.0. The molecule has 1 aliphatic rings. The first-order valence-corrected chi connectivity index (χ1v) is 12.0. The summed E-state index contributed by atoms with van der Waals surface area (Å²) < 4.78 is 53.5. The summed E-state index contributed by atoms with van der Waals surface area (Å²) in [6.45, 7) is 7.34. The van der Waals surface area contributed by atoms with E-state index < -0.39 is 17.6 Å². The lowest BCUT2D eigenvalue weighted by Gasteiger charge is -2.15. The fraction of sp³-hybridized carbons (Fsp3) is 0.400. The number of alkyl halides is 3. The molecule has 4 rings (SSSR count). The molecule has 0 saturated carbocycles. The minimum atomic E-state index is -4.62. The van der Waals surface area contributed by atoms with Gasteiger partial charge in [0.25, 0.3) is 5.91 Å². The Morgan fingerprint density at radius 1 is 1.26 bits per heavy atom. The molecular weight excluding hydrogens is 479 g/mol. The fourth-order valence-electron chi connectivity index (χ4n) is 3.58. The smallest absolute Gasteiger partial charge is 0.416 e. The Morgan fingerprint density at radius 2 is 2.06 bits per heavy atom. The number of rotatable bonds is 5. The van der Waals surface area contributed by atoms with Crippen molar-refractivity contribution >= 4 is 17.2 Å². The number of halogens is 3. The number of amides is 1. The van der Waals surface area contributed by atoms with Crippen LogP contribution in [-0.2, 0) is 22.9 Å². The third-order valence-corrected chi connectivity index (χ3v) is 6.92. The van der Waals surface area contributed by atoms with Crippen LogP contribution in [0.15, 0.2) is 53.8 Å². The molecule has 1 aliphatic heterocycles. The molecule has 3 heterocycles. The van der Waals surface area contributed by atoms with Crippen LogP contribution in [0.3, 0.4) is 0 Å². The molecule has 1 atom stereocenters. The highest BCUT2D eigenvalue weighted by Crippen LogP contribution is 2.34. The second-order valence-electron chi connectivity index (χ2n) is 9.31. The first-order valence-electron chi connectivity index (χ1n) is 11.2. The molecule has 6 nitrogen and oxygen atoms in total. The van der Waals surface area contributed by atoms with Gasteiger partial charge < -0.3 is 14.0 Å². The van der Waals surface area contributed by atoms with E-state index >= 15 is 0 Å². The monoisotopic (exact) mass is 505 g/mol. The highest BCUT2D eigenvalue weighted by atomic mass is 32.1. The van der Waals surface area contributed by atoms with Gasteiger partial charge in [-0.2, -0.15) is 18.2 Å². The van der Waals surface area contributed by atoms with Crippen molar-refractivity contribution < 1.29 is 27.4 Å². The number of hydrogen-bond donors (Lipinski definition) is 0. The molecule has 1 fully saturated rings. The first-order chi connectivity index (χ1) is 16.5. The summed E-state index contributed by atoms with van der Waals surface area (Å²) in [5.41, 5.74) is -1.44. The van der Waals surface area contributed by atoms with Crippen LogP contribution in [0.1, 0.15) is 54.4 Å². The highest BCUT2D eigenvalue weighted by molar-refractivity contribution is 7.09. The predicted molar refractivity (Wildman–Crippen MR) is 126 cm³/mol. The van der Waals surface area contributed by atoms with Gasteiger partial charge in [0, 0.05) is 29.9 Å². The maximum atomic E-state index is 13.4. The Morgan fingerprint density at radius 3 is 2.69 bits per heavy atom. The van der Waals surface area contributed by atoms with Crippen LogP contribution in [-0.4, -0.2) is 28.2 Å². The molecule has 10 heteroatoms. The Balaban J connectivity index is 1.77. The topological polar surface area (TPSA) is 65.7 Å². The van der Waals surface area contributed by atoms with E-state index in [9.17, 15) is 18.0 Å². The largest absolute Gasteiger partial charge is 0.438 e. The molecule has 1 amide bonds. The zero-order chi connectivity index (χ0) is 25.2. The molecule has 0 aliphatic carbocycles. The molecule has 35 heavy (non-hydrogen) atoms. The Kier molecular flexibility index (Phi) is 7.14. The van der Waals surface area contributed by atoms with Gasteiger partial charge in [0.2, 0.25) is 5.88 Å². The molecular formula is C25H26F3N3O3S. The highest BCUT2D eigenvalue weighted by Gasteiger charge is 2.32. The number of nitrogens with zero attached hydrogens (tertiary/aromatic N) is 3. The van der Waals surface area contributed by atoms with Crippen LogP contribution in [0.25, 0.3) is 0 Å². The van der Waals surface area contributed by atoms with Gasteiger partial charge in [0.15, 0.2) is 4.80 Å². The Hall–Kier alpha value is -2.98. The average molecular weight is 506 g/mol. The molecule has 186 valence electrons. The SMILES string of the molecule is CC(C)(C)c1cn(C[C@H]2CCCO2)/c(=N/C(=O)c2cc(C(F)(F)F)ccc2Oc2ccccn2)s1. The van der Waals surface area contributed by atoms with Gasteiger partial charge in [-0.1, -0.05) is 26.8 Å². The summed E-state index contributed by atoms with van der Waals surface area (Å²) in [6.07, 6.45) is 0.667. The van der Waals surface area contributed by atoms with E-state index in [1.165, 1.54) is 17.5 Å². The van der Waals surface area contributed by atoms with E-state index in [1.807, 2.05) is 31.5 Å². The maximum Gasteiger partial charge on any atom is 0.416 e. The third kappa shape index (κ3) is 6.18. The van der Waals surface area contributed by atoms with Crippen molar-refractivity contribution in [3.05, 3.63) is 69.6 Å². The number of carbonyl (C=O) groups excluding carboxylic acids is 1. The Bertz CT molecular complexity index is 1250. The van der Waals surface area contributed by atoms with Gasteiger partial charge >= 0.3 is 6.18 Å². The number of carbonyl (C=O) groups is 1. The summed E-state index contributed by atoms with van der Waals surface area (Å²) in [6, 6.07) is 7.66. The lowest BCUT2D eigenvalue weighted by atomic mass is 9.95. The molecule has 1 aromatic carbocycles. The van der Waals surface area contributed by atoms with Gasteiger partial charge in [-0.3, -0.25) is 4.79 Å². The van der Waals surface area contributed by atoms with Crippen molar-refractivity contribution in [2.45, 2.75) is 57.9 Å². The van der Waals surface area contributed by atoms with Crippen molar-refractivity contribution in [2.75, 3.05) is 6.61 Å². The van der Waals surface area contributed by atoms with Crippen LogP contribution in [0.5, 0.6) is 11.6 Å². The van der Waals surface area contributed by atoms with E-state index in [0.717, 1.165) is 35.9 Å². The number of hydrogen-bond acceptors (Lipinski definition) is 5. The number of pyridine rings is 1. The average Bonchev–Trinajstić information content (AvgIpc) is 3.44. The lowest BCUT2D eigenvalue weighted by Crippen LogP contribution is -2.23. The second kappa shape index (κ2) is 9.94. The van der Waals surface area contributed by atoms with Crippen LogP contribution in [0, 0.1) is 0 Å². The summed E-state index contributed by atoms with van der Waals surface area (Å²) in [7, 11) is 0. The van der Waals surface area contributed by atoms with Crippen molar-refractivity contribution in [3.63, 3.8) is 0 Å². The summed E-state index contributed by atoms with van der Waals surface area (Å²) >= 11 is 1.34. The van der Waals surface area contributed by atoms with Gasteiger partial charge in [-0.15, -0.1) is 11.3 Å². The van der Waals surface area contributed by atoms with E-state index in [2.05, 4.69) is 9.98 Å². The van der Waals surface area contributed by atoms with Crippen molar-refractivity contribution in [3.8, 4) is 11.6 Å². The number of ether oxygens (including phenoxy) is 2. The standard InChI is InChI=1S/C25H26F3N3O3S/c1-24(2,3)20-15-31(14-17-7-6-12-33-17)23(35-20)30-22(32)18-13-16(25(26,27)28)9-10-19(18)34-21-8-4-5-11-29-21/h4-5,8-11,13,15,17H,6-7,12,14H2,1-3H3/b30-23-/t17-/m1/s1. The van der Waals surface area contributed by atoms with E-state index in [4.69, 9.17) is 9.47 Å². The van der Waals surface area contributed by atoms with E-state index in [-0.39, 0.29) is 28.7 Å². The van der Waals surface area contributed by atoms with Crippen LogP contribution in [0.2, 0.25) is 0 Å². The first kappa shape index (κ1) is 25.1.